The fraction of sp³-hybridized carbons (Fsp3) is 0.562. The Kier molecular flexibility index (Phi) is 5.25. The number of carbonyl (C=O) groups is 1. The van der Waals surface area contributed by atoms with Gasteiger partial charge in [-0.05, 0) is 18.6 Å². The Bertz CT molecular complexity index is 383. The Hall–Kier alpha value is -1.51. The predicted octanol–water partition coefficient (Wildman–Crippen LogP) is 2.92. The number of carbonyl (C=O) groups excluding carboxylic acids is 1. The van der Waals surface area contributed by atoms with Crippen molar-refractivity contribution >= 4 is 11.6 Å². The maximum atomic E-state index is 12.0. The summed E-state index contributed by atoms with van der Waals surface area (Å²) in [5.74, 6) is 0.334. The van der Waals surface area contributed by atoms with Gasteiger partial charge in [-0.1, -0.05) is 38.0 Å². The summed E-state index contributed by atoms with van der Waals surface area (Å²) in [6, 6.07) is 10.4. The molecule has 1 amide bonds. The first-order chi connectivity index (χ1) is 9.31. The summed E-state index contributed by atoms with van der Waals surface area (Å²) >= 11 is 0. The van der Waals surface area contributed by atoms with Crippen molar-refractivity contribution in [2.24, 2.45) is 0 Å². The summed E-state index contributed by atoms with van der Waals surface area (Å²) in [5.41, 5.74) is 1.26. The van der Waals surface area contributed by atoms with Gasteiger partial charge in [-0.3, -0.25) is 4.79 Å². The van der Waals surface area contributed by atoms with Crippen LogP contribution in [0, 0.1) is 0 Å². The lowest BCUT2D eigenvalue weighted by atomic mass is 10.1. The van der Waals surface area contributed by atoms with E-state index in [9.17, 15) is 4.79 Å². The van der Waals surface area contributed by atoms with E-state index in [1.165, 1.54) is 12.1 Å². The fourth-order valence-electron chi connectivity index (χ4n) is 2.54. The molecule has 3 heteroatoms. The summed E-state index contributed by atoms with van der Waals surface area (Å²) in [4.78, 5) is 16.4. The molecule has 0 N–H and O–H groups in total. The van der Waals surface area contributed by atoms with E-state index in [-0.39, 0.29) is 0 Å². The van der Waals surface area contributed by atoms with E-state index in [0.717, 1.165) is 45.4 Å². The monoisotopic (exact) mass is 260 g/mol. The maximum absolute atomic E-state index is 12.0. The van der Waals surface area contributed by atoms with Crippen molar-refractivity contribution in [1.82, 2.24) is 4.90 Å². The van der Waals surface area contributed by atoms with Gasteiger partial charge in [0.2, 0.25) is 5.91 Å². The number of para-hydroxylation sites is 1. The molecule has 1 aliphatic heterocycles. The average Bonchev–Trinajstić information content (AvgIpc) is 2.48. The second-order valence-electron chi connectivity index (χ2n) is 5.16. The molecular weight excluding hydrogens is 236 g/mol. The SMILES string of the molecule is CCCCCC(=O)N1CCN(c2ccccc2)CC1. The molecule has 1 fully saturated rings. The number of hydrogen-bond acceptors (Lipinski definition) is 2. The number of nitrogens with zero attached hydrogens (tertiary/aromatic N) is 2. The highest BCUT2D eigenvalue weighted by Crippen LogP contribution is 2.16. The number of rotatable bonds is 5. The molecule has 3 nitrogen and oxygen atoms in total. The van der Waals surface area contributed by atoms with E-state index in [4.69, 9.17) is 0 Å². The lowest BCUT2D eigenvalue weighted by Crippen LogP contribution is -2.48. The van der Waals surface area contributed by atoms with Gasteiger partial charge in [-0.2, -0.15) is 0 Å². The van der Waals surface area contributed by atoms with Crippen LogP contribution in [0.2, 0.25) is 0 Å². The molecular formula is C16H24N2O. The summed E-state index contributed by atoms with van der Waals surface area (Å²) in [6.45, 7) is 5.79. The first-order valence-electron chi connectivity index (χ1n) is 7.39. The van der Waals surface area contributed by atoms with Gasteiger partial charge in [0.05, 0.1) is 0 Å². The lowest BCUT2D eigenvalue weighted by Gasteiger charge is -2.36. The highest BCUT2D eigenvalue weighted by molar-refractivity contribution is 5.76. The molecule has 0 radical (unpaired) electrons. The van der Waals surface area contributed by atoms with Crippen molar-refractivity contribution in [3.8, 4) is 0 Å². The normalized spacial score (nSPS) is 15.6. The van der Waals surface area contributed by atoms with Crippen molar-refractivity contribution in [1.29, 1.82) is 0 Å². The zero-order valence-electron chi connectivity index (χ0n) is 11.8. The molecule has 104 valence electrons. The van der Waals surface area contributed by atoms with Crippen molar-refractivity contribution in [2.45, 2.75) is 32.6 Å². The van der Waals surface area contributed by atoms with E-state index in [1.54, 1.807) is 0 Å². The molecule has 2 rings (SSSR count). The highest BCUT2D eigenvalue weighted by atomic mass is 16.2. The van der Waals surface area contributed by atoms with Crippen LogP contribution in [0.1, 0.15) is 32.6 Å². The minimum Gasteiger partial charge on any atom is -0.368 e. The zero-order chi connectivity index (χ0) is 13.5. The van der Waals surface area contributed by atoms with E-state index >= 15 is 0 Å². The Morgan fingerprint density at radius 1 is 1.05 bits per heavy atom. The lowest BCUT2D eigenvalue weighted by molar-refractivity contribution is -0.131. The number of anilines is 1. The Balaban J connectivity index is 1.77. The van der Waals surface area contributed by atoms with Gasteiger partial charge >= 0.3 is 0 Å². The summed E-state index contributed by atoms with van der Waals surface area (Å²) < 4.78 is 0. The van der Waals surface area contributed by atoms with E-state index < -0.39 is 0 Å². The molecule has 0 atom stereocenters. The van der Waals surface area contributed by atoms with Gasteiger partial charge in [0.15, 0.2) is 0 Å². The Morgan fingerprint density at radius 3 is 2.37 bits per heavy atom. The third-order valence-electron chi connectivity index (χ3n) is 3.75. The van der Waals surface area contributed by atoms with Crippen molar-refractivity contribution < 1.29 is 4.79 Å². The number of piperazine rings is 1. The zero-order valence-corrected chi connectivity index (χ0v) is 11.8. The quantitative estimate of drug-likeness (QED) is 0.760. The van der Waals surface area contributed by atoms with Crippen LogP contribution in [0.4, 0.5) is 5.69 Å². The first kappa shape index (κ1) is 13.9. The van der Waals surface area contributed by atoms with Crippen molar-refractivity contribution in [2.75, 3.05) is 31.1 Å². The van der Waals surface area contributed by atoms with Crippen LogP contribution < -0.4 is 4.90 Å². The van der Waals surface area contributed by atoms with Gasteiger partial charge in [-0.15, -0.1) is 0 Å². The molecule has 1 aromatic rings. The Labute approximate surface area is 116 Å². The number of hydrogen-bond donors (Lipinski definition) is 0. The molecule has 0 aromatic heterocycles. The standard InChI is InChI=1S/C16H24N2O/c1-2-3-5-10-16(19)18-13-11-17(12-14-18)15-8-6-4-7-9-15/h4,6-9H,2-3,5,10-14H2,1H3. The smallest absolute Gasteiger partial charge is 0.222 e. The van der Waals surface area contributed by atoms with Crippen LogP contribution in [0.3, 0.4) is 0 Å². The van der Waals surface area contributed by atoms with E-state index in [2.05, 4.69) is 36.1 Å². The van der Waals surface area contributed by atoms with Crippen LogP contribution in [-0.4, -0.2) is 37.0 Å². The summed E-state index contributed by atoms with van der Waals surface area (Å²) in [6.07, 6.45) is 4.10. The van der Waals surface area contributed by atoms with Gasteiger partial charge in [0.25, 0.3) is 0 Å². The van der Waals surface area contributed by atoms with Crippen LogP contribution in [-0.2, 0) is 4.79 Å². The molecule has 0 bridgehead atoms. The fourth-order valence-corrected chi connectivity index (χ4v) is 2.54. The topological polar surface area (TPSA) is 23.6 Å². The van der Waals surface area contributed by atoms with Gasteiger partial charge in [0, 0.05) is 38.3 Å². The summed E-state index contributed by atoms with van der Waals surface area (Å²) in [5, 5.41) is 0. The van der Waals surface area contributed by atoms with Crippen molar-refractivity contribution in [3.63, 3.8) is 0 Å². The number of benzene rings is 1. The predicted molar refractivity (Wildman–Crippen MR) is 79.4 cm³/mol. The second-order valence-corrected chi connectivity index (χ2v) is 5.16. The molecule has 0 aliphatic carbocycles. The Morgan fingerprint density at radius 2 is 1.74 bits per heavy atom. The minimum absolute atomic E-state index is 0.334. The van der Waals surface area contributed by atoms with Crippen LogP contribution in [0.15, 0.2) is 30.3 Å². The average molecular weight is 260 g/mol. The van der Waals surface area contributed by atoms with Gasteiger partial charge in [0.1, 0.15) is 0 Å². The number of amides is 1. The molecule has 1 aliphatic rings. The third kappa shape index (κ3) is 3.98. The van der Waals surface area contributed by atoms with Crippen LogP contribution in [0.5, 0.6) is 0 Å². The largest absolute Gasteiger partial charge is 0.368 e. The highest BCUT2D eigenvalue weighted by Gasteiger charge is 2.20. The van der Waals surface area contributed by atoms with Gasteiger partial charge in [-0.25, -0.2) is 0 Å². The molecule has 0 saturated carbocycles. The number of unbranched alkanes of at least 4 members (excludes halogenated alkanes) is 2. The third-order valence-corrected chi connectivity index (χ3v) is 3.75. The van der Waals surface area contributed by atoms with Gasteiger partial charge < -0.3 is 9.80 Å². The van der Waals surface area contributed by atoms with E-state index in [1.807, 2.05) is 11.0 Å². The molecule has 0 spiro atoms. The molecule has 0 unspecified atom stereocenters. The van der Waals surface area contributed by atoms with E-state index in [0.29, 0.717) is 5.91 Å². The molecule has 1 saturated heterocycles. The summed E-state index contributed by atoms with van der Waals surface area (Å²) in [7, 11) is 0. The molecule has 1 heterocycles. The minimum atomic E-state index is 0.334. The first-order valence-corrected chi connectivity index (χ1v) is 7.39. The van der Waals surface area contributed by atoms with Crippen LogP contribution >= 0.6 is 0 Å². The van der Waals surface area contributed by atoms with Crippen LogP contribution in [0.25, 0.3) is 0 Å². The molecule has 1 aromatic carbocycles. The van der Waals surface area contributed by atoms with Crippen molar-refractivity contribution in [3.05, 3.63) is 30.3 Å². The maximum Gasteiger partial charge on any atom is 0.222 e. The second kappa shape index (κ2) is 7.17. The molecule has 19 heavy (non-hydrogen) atoms.